The predicted octanol–water partition coefficient (Wildman–Crippen LogP) is 2.28. The summed E-state index contributed by atoms with van der Waals surface area (Å²) in [4.78, 5) is 2.35. The molecular formula is C15H21FN2O. The molecule has 0 spiro atoms. The third-order valence-electron chi connectivity index (χ3n) is 4.61. The molecule has 2 aliphatic heterocycles. The van der Waals surface area contributed by atoms with Crippen LogP contribution in [0.15, 0.2) is 18.2 Å². The second kappa shape index (κ2) is 5.10. The van der Waals surface area contributed by atoms with E-state index in [1.54, 1.807) is 0 Å². The summed E-state index contributed by atoms with van der Waals surface area (Å²) in [5.41, 5.74) is 0.693. The predicted molar refractivity (Wildman–Crippen MR) is 72.6 cm³/mol. The SMILES string of the molecule is CC(c1cc(F)ccc1O)N1C[C@@H]2CCCN[C@@H]2C1. The lowest BCUT2D eigenvalue weighted by Crippen LogP contribution is -2.40. The molecule has 2 saturated heterocycles. The zero-order chi connectivity index (χ0) is 13.4. The van der Waals surface area contributed by atoms with Crippen LogP contribution in [0.5, 0.6) is 5.75 Å². The van der Waals surface area contributed by atoms with Gasteiger partial charge in [-0.1, -0.05) is 0 Å². The number of rotatable bonds is 2. The van der Waals surface area contributed by atoms with Gasteiger partial charge in [-0.05, 0) is 50.4 Å². The Kier molecular flexibility index (Phi) is 3.46. The number of likely N-dealkylation sites (tertiary alicyclic amines) is 1. The Morgan fingerprint density at radius 1 is 1.42 bits per heavy atom. The minimum absolute atomic E-state index is 0.0584. The second-order valence-electron chi connectivity index (χ2n) is 5.80. The van der Waals surface area contributed by atoms with E-state index in [1.807, 2.05) is 6.92 Å². The zero-order valence-electron chi connectivity index (χ0n) is 11.3. The van der Waals surface area contributed by atoms with E-state index in [2.05, 4.69) is 10.2 Å². The van der Waals surface area contributed by atoms with Gasteiger partial charge in [0.2, 0.25) is 0 Å². The maximum Gasteiger partial charge on any atom is 0.123 e. The Labute approximate surface area is 113 Å². The van der Waals surface area contributed by atoms with Crippen molar-refractivity contribution in [2.24, 2.45) is 5.92 Å². The Hall–Kier alpha value is -1.13. The molecule has 0 aromatic heterocycles. The fraction of sp³-hybridized carbons (Fsp3) is 0.600. The van der Waals surface area contributed by atoms with Crippen LogP contribution in [-0.2, 0) is 0 Å². The van der Waals surface area contributed by atoms with E-state index in [0.29, 0.717) is 17.5 Å². The van der Waals surface area contributed by atoms with Crippen molar-refractivity contribution in [3.8, 4) is 5.75 Å². The number of phenolic OH excluding ortho intramolecular Hbond substituents is 1. The summed E-state index contributed by atoms with van der Waals surface area (Å²) < 4.78 is 13.3. The molecule has 0 bridgehead atoms. The first-order chi connectivity index (χ1) is 9.15. The first-order valence-electron chi connectivity index (χ1n) is 7.11. The quantitative estimate of drug-likeness (QED) is 0.860. The molecule has 104 valence electrons. The third kappa shape index (κ3) is 2.47. The topological polar surface area (TPSA) is 35.5 Å². The van der Waals surface area contributed by atoms with Crippen LogP contribution < -0.4 is 5.32 Å². The number of hydrogen-bond donors (Lipinski definition) is 2. The Bertz CT molecular complexity index is 451. The van der Waals surface area contributed by atoms with E-state index in [4.69, 9.17) is 0 Å². The molecule has 3 nitrogen and oxygen atoms in total. The highest BCUT2D eigenvalue weighted by atomic mass is 19.1. The fourth-order valence-electron chi connectivity index (χ4n) is 3.45. The van der Waals surface area contributed by atoms with Crippen LogP contribution in [0, 0.1) is 11.7 Å². The number of hydrogen-bond acceptors (Lipinski definition) is 3. The molecule has 1 unspecified atom stereocenters. The molecule has 19 heavy (non-hydrogen) atoms. The van der Waals surface area contributed by atoms with E-state index in [9.17, 15) is 9.50 Å². The molecule has 0 aliphatic carbocycles. The molecule has 3 atom stereocenters. The molecule has 0 amide bonds. The molecule has 0 radical (unpaired) electrons. The first-order valence-corrected chi connectivity index (χ1v) is 7.11. The molecule has 1 aromatic rings. The first kappa shape index (κ1) is 12.9. The van der Waals surface area contributed by atoms with E-state index >= 15 is 0 Å². The van der Waals surface area contributed by atoms with Crippen molar-refractivity contribution < 1.29 is 9.50 Å². The normalized spacial score (nSPS) is 29.2. The van der Waals surface area contributed by atoms with Crippen LogP contribution in [0.4, 0.5) is 4.39 Å². The average Bonchev–Trinajstić information content (AvgIpc) is 2.84. The largest absolute Gasteiger partial charge is 0.508 e. The minimum atomic E-state index is -0.283. The molecule has 2 aliphatic rings. The molecule has 3 rings (SSSR count). The minimum Gasteiger partial charge on any atom is -0.508 e. The van der Waals surface area contributed by atoms with Gasteiger partial charge in [0, 0.05) is 30.7 Å². The highest BCUT2D eigenvalue weighted by Gasteiger charge is 2.36. The van der Waals surface area contributed by atoms with Gasteiger partial charge in [0.25, 0.3) is 0 Å². The highest BCUT2D eigenvalue weighted by molar-refractivity contribution is 5.35. The second-order valence-corrected chi connectivity index (χ2v) is 5.80. The molecule has 4 heteroatoms. The molecular weight excluding hydrogens is 243 g/mol. The summed E-state index contributed by atoms with van der Waals surface area (Å²) >= 11 is 0. The highest BCUT2D eigenvalue weighted by Crippen LogP contribution is 2.34. The molecule has 1 aromatic carbocycles. The van der Waals surface area contributed by atoms with Gasteiger partial charge in [-0.15, -0.1) is 0 Å². The molecule has 2 fully saturated rings. The van der Waals surface area contributed by atoms with E-state index in [0.717, 1.165) is 19.6 Å². The number of fused-ring (bicyclic) bond motifs is 1. The van der Waals surface area contributed by atoms with E-state index in [1.165, 1.54) is 31.0 Å². The zero-order valence-corrected chi connectivity index (χ0v) is 11.3. The lowest BCUT2D eigenvalue weighted by molar-refractivity contribution is 0.245. The van der Waals surface area contributed by atoms with Gasteiger partial charge in [0.05, 0.1) is 0 Å². The Morgan fingerprint density at radius 2 is 2.26 bits per heavy atom. The summed E-state index contributed by atoms with van der Waals surface area (Å²) in [6.07, 6.45) is 2.52. The smallest absolute Gasteiger partial charge is 0.123 e. The van der Waals surface area contributed by atoms with Gasteiger partial charge in [0.1, 0.15) is 11.6 Å². The molecule has 0 saturated carbocycles. The van der Waals surface area contributed by atoms with Gasteiger partial charge in [0.15, 0.2) is 0 Å². The van der Waals surface area contributed by atoms with Gasteiger partial charge in [-0.3, -0.25) is 4.90 Å². The van der Waals surface area contributed by atoms with Crippen molar-refractivity contribution in [1.29, 1.82) is 0 Å². The van der Waals surface area contributed by atoms with Gasteiger partial charge in [-0.25, -0.2) is 4.39 Å². The van der Waals surface area contributed by atoms with Gasteiger partial charge >= 0.3 is 0 Å². The molecule has 2 heterocycles. The number of halogens is 1. The van der Waals surface area contributed by atoms with Crippen LogP contribution in [0.1, 0.15) is 31.4 Å². The van der Waals surface area contributed by atoms with E-state index < -0.39 is 0 Å². The summed E-state index contributed by atoms with van der Waals surface area (Å²) in [5, 5.41) is 13.5. The third-order valence-corrected chi connectivity index (χ3v) is 4.61. The summed E-state index contributed by atoms with van der Waals surface area (Å²) in [6, 6.07) is 4.82. The maximum absolute atomic E-state index is 13.3. The summed E-state index contributed by atoms with van der Waals surface area (Å²) in [6.45, 7) is 5.18. The lowest BCUT2D eigenvalue weighted by atomic mass is 9.94. The number of nitrogens with one attached hydrogen (secondary N) is 1. The summed E-state index contributed by atoms with van der Waals surface area (Å²) in [5.74, 6) is 0.609. The van der Waals surface area contributed by atoms with Crippen molar-refractivity contribution in [3.05, 3.63) is 29.6 Å². The average molecular weight is 264 g/mol. The lowest BCUT2D eigenvalue weighted by Gasteiger charge is -2.25. The fourth-order valence-corrected chi connectivity index (χ4v) is 3.45. The van der Waals surface area contributed by atoms with Gasteiger partial charge < -0.3 is 10.4 Å². The number of benzene rings is 1. The van der Waals surface area contributed by atoms with Gasteiger partial charge in [-0.2, -0.15) is 0 Å². The van der Waals surface area contributed by atoms with Crippen molar-refractivity contribution in [2.75, 3.05) is 19.6 Å². The molecule has 2 N–H and O–H groups in total. The van der Waals surface area contributed by atoms with Crippen LogP contribution >= 0.6 is 0 Å². The number of phenols is 1. The summed E-state index contributed by atoms with van der Waals surface area (Å²) in [7, 11) is 0. The van der Waals surface area contributed by atoms with Crippen molar-refractivity contribution in [2.45, 2.75) is 31.8 Å². The number of aromatic hydroxyl groups is 1. The van der Waals surface area contributed by atoms with Crippen molar-refractivity contribution >= 4 is 0 Å². The Balaban J connectivity index is 1.77. The monoisotopic (exact) mass is 264 g/mol. The standard InChI is InChI=1S/C15H21FN2O/c1-10(13-7-12(16)4-5-15(13)19)18-8-11-3-2-6-17-14(11)9-18/h4-5,7,10-11,14,17,19H,2-3,6,8-9H2,1H3/t10?,11-,14+/m0/s1. The van der Waals surface area contributed by atoms with Crippen molar-refractivity contribution in [3.63, 3.8) is 0 Å². The van der Waals surface area contributed by atoms with Crippen LogP contribution in [0.25, 0.3) is 0 Å². The van der Waals surface area contributed by atoms with E-state index in [-0.39, 0.29) is 17.6 Å². The number of piperidine rings is 1. The Morgan fingerprint density at radius 3 is 3.05 bits per heavy atom. The number of nitrogens with zero attached hydrogens (tertiary/aromatic N) is 1. The van der Waals surface area contributed by atoms with Crippen molar-refractivity contribution in [1.82, 2.24) is 10.2 Å². The van der Waals surface area contributed by atoms with Crippen LogP contribution in [0.3, 0.4) is 0 Å². The van der Waals surface area contributed by atoms with Crippen LogP contribution in [0.2, 0.25) is 0 Å². The maximum atomic E-state index is 13.3. The van der Waals surface area contributed by atoms with Crippen LogP contribution in [-0.4, -0.2) is 35.7 Å².